The topological polar surface area (TPSA) is 38.1 Å². The summed E-state index contributed by atoms with van der Waals surface area (Å²) in [5.74, 6) is 0.359. The molecule has 0 atom stereocenters. The first-order valence-electron chi connectivity index (χ1n) is 4.63. The van der Waals surface area contributed by atoms with E-state index in [2.05, 4.69) is 25.9 Å². The highest BCUT2D eigenvalue weighted by Gasteiger charge is 2.24. The summed E-state index contributed by atoms with van der Waals surface area (Å²) in [6.45, 7) is 8.17. The molecule has 1 N–H and O–H groups in total. The van der Waals surface area contributed by atoms with Crippen LogP contribution in [-0.2, 0) is 18.9 Å². The van der Waals surface area contributed by atoms with Gasteiger partial charge in [-0.2, -0.15) is 5.10 Å². The van der Waals surface area contributed by atoms with Gasteiger partial charge in [-0.1, -0.05) is 27.7 Å². The lowest BCUT2D eigenvalue weighted by Crippen LogP contribution is -2.12. The molecule has 1 aromatic heterocycles. The van der Waals surface area contributed by atoms with Gasteiger partial charge in [-0.05, 0) is 6.42 Å². The third kappa shape index (κ3) is 1.69. The smallest absolute Gasteiger partial charge is 0.160 e. The molecule has 1 rings (SSSR count). The zero-order valence-corrected chi connectivity index (χ0v) is 9.05. The maximum Gasteiger partial charge on any atom is 0.160 e. The molecule has 0 unspecified atom stereocenters. The summed E-state index contributed by atoms with van der Waals surface area (Å²) in [5.41, 5.74) is 1.60. The fourth-order valence-electron chi connectivity index (χ4n) is 1.45. The van der Waals surface area contributed by atoms with Crippen LogP contribution in [0.3, 0.4) is 0 Å². The van der Waals surface area contributed by atoms with E-state index in [0.717, 1.165) is 17.8 Å². The van der Waals surface area contributed by atoms with E-state index in [4.69, 9.17) is 0 Å². The van der Waals surface area contributed by atoms with Crippen molar-refractivity contribution >= 4 is 0 Å². The highest BCUT2D eigenvalue weighted by molar-refractivity contribution is 5.36. The molecule has 3 nitrogen and oxygen atoms in total. The predicted molar refractivity (Wildman–Crippen MR) is 53.0 cm³/mol. The van der Waals surface area contributed by atoms with E-state index in [-0.39, 0.29) is 5.41 Å². The lowest BCUT2D eigenvalue weighted by molar-refractivity contribution is 0.440. The van der Waals surface area contributed by atoms with E-state index in [1.165, 1.54) is 0 Å². The van der Waals surface area contributed by atoms with Crippen molar-refractivity contribution < 1.29 is 5.11 Å². The molecule has 3 heteroatoms. The number of hydrogen-bond donors (Lipinski definition) is 1. The lowest BCUT2D eigenvalue weighted by Gasteiger charge is -2.14. The fraction of sp³-hybridized carbons (Fsp3) is 0.700. The van der Waals surface area contributed by atoms with Gasteiger partial charge in [0.15, 0.2) is 5.75 Å². The van der Waals surface area contributed by atoms with Gasteiger partial charge < -0.3 is 5.11 Å². The van der Waals surface area contributed by atoms with Gasteiger partial charge in [0.1, 0.15) is 5.69 Å². The van der Waals surface area contributed by atoms with Crippen LogP contribution in [0.15, 0.2) is 0 Å². The van der Waals surface area contributed by atoms with E-state index >= 15 is 0 Å². The Morgan fingerprint density at radius 3 is 2.15 bits per heavy atom. The number of aromatic hydroxyl groups is 1. The van der Waals surface area contributed by atoms with Crippen molar-refractivity contribution in [1.82, 2.24) is 9.78 Å². The molecular formula is C10H18N2O. The minimum Gasteiger partial charge on any atom is -0.504 e. The van der Waals surface area contributed by atoms with Gasteiger partial charge >= 0.3 is 0 Å². The van der Waals surface area contributed by atoms with Crippen molar-refractivity contribution in [2.24, 2.45) is 7.05 Å². The van der Waals surface area contributed by atoms with Crippen LogP contribution in [0.1, 0.15) is 39.1 Å². The van der Waals surface area contributed by atoms with Gasteiger partial charge in [-0.15, -0.1) is 0 Å². The molecule has 0 aliphatic rings. The largest absolute Gasteiger partial charge is 0.504 e. The standard InChI is InChI=1S/C10H18N2O/c1-6-7-8(13)9(10(2,3)4)11-12(7)5/h13H,6H2,1-5H3. The molecule has 1 heterocycles. The Kier molecular flexibility index (Phi) is 2.37. The van der Waals surface area contributed by atoms with Crippen molar-refractivity contribution in [1.29, 1.82) is 0 Å². The third-order valence-corrected chi connectivity index (χ3v) is 2.18. The number of rotatable bonds is 1. The molecule has 0 fully saturated rings. The maximum atomic E-state index is 9.86. The van der Waals surface area contributed by atoms with Crippen LogP contribution in [0.5, 0.6) is 5.75 Å². The number of hydrogen-bond acceptors (Lipinski definition) is 2. The molecule has 0 spiro atoms. The highest BCUT2D eigenvalue weighted by Crippen LogP contribution is 2.31. The molecule has 74 valence electrons. The minimum absolute atomic E-state index is 0.0880. The monoisotopic (exact) mass is 182 g/mol. The van der Waals surface area contributed by atoms with Crippen molar-refractivity contribution in [3.05, 3.63) is 11.4 Å². The van der Waals surface area contributed by atoms with Gasteiger partial charge in [-0.3, -0.25) is 4.68 Å². The molecule has 0 amide bonds. The van der Waals surface area contributed by atoms with E-state index in [1.54, 1.807) is 4.68 Å². The zero-order valence-electron chi connectivity index (χ0n) is 9.05. The van der Waals surface area contributed by atoms with E-state index in [1.807, 2.05) is 14.0 Å². The Labute approximate surface area is 79.4 Å². The zero-order chi connectivity index (χ0) is 10.2. The molecule has 0 saturated carbocycles. The minimum atomic E-state index is -0.0880. The molecule has 0 aromatic carbocycles. The second-order valence-electron chi connectivity index (χ2n) is 4.37. The summed E-state index contributed by atoms with van der Waals surface area (Å²) in [6, 6.07) is 0. The number of nitrogens with zero attached hydrogens (tertiary/aromatic N) is 2. The first kappa shape index (κ1) is 10.1. The van der Waals surface area contributed by atoms with Gasteiger partial charge in [0.05, 0.1) is 5.69 Å². The van der Waals surface area contributed by atoms with E-state index in [0.29, 0.717) is 5.75 Å². The summed E-state index contributed by atoms with van der Waals surface area (Å²) < 4.78 is 1.76. The predicted octanol–water partition coefficient (Wildman–Crippen LogP) is 1.99. The Morgan fingerprint density at radius 2 is 1.92 bits per heavy atom. The maximum absolute atomic E-state index is 9.86. The Hall–Kier alpha value is -0.990. The van der Waals surface area contributed by atoms with Crippen LogP contribution in [0.4, 0.5) is 0 Å². The number of aryl methyl sites for hydroxylation is 1. The third-order valence-electron chi connectivity index (χ3n) is 2.18. The number of aromatic nitrogens is 2. The van der Waals surface area contributed by atoms with Crippen LogP contribution in [0, 0.1) is 0 Å². The summed E-state index contributed by atoms with van der Waals surface area (Å²) in [4.78, 5) is 0. The summed E-state index contributed by atoms with van der Waals surface area (Å²) in [5, 5.41) is 14.2. The molecule has 13 heavy (non-hydrogen) atoms. The second-order valence-corrected chi connectivity index (χ2v) is 4.37. The molecular weight excluding hydrogens is 164 g/mol. The summed E-state index contributed by atoms with van der Waals surface area (Å²) in [6.07, 6.45) is 0.811. The van der Waals surface area contributed by atoms with Gasteiger partial charge in [0.2, 0.25) is 0 Å². The van der Waals surface area contributed by atoms with Crippen molar-refractivity contribution in [3.63, 3.8) is 0 Å². The molecule has 0 bridgehead atoms. The van der Waals surface area contributed by atoms with Crippen LogP contribution in [-0.4, -0.2) is 14.9 Å². The van der Waals surface area contributed by atoms with Crippen molar-refractivity contribution in [2.45, 2.75) is 39.5 Å². The van der Waals surface area contributed by atoms with Gasteiger partial charge in [0.25, 0.3) is 0 Å². The molecule has 0 saturated heterocycles. The van der Waals surface area contributed by atoms with Crippen molar-refractivity contribution in [3.8, 4) is 5.75 Å². The average Bonchev–Trinajstić information content (AvgIpc) is 2.25. The normalized spacial score (nSPS) is 12.1. The first-order chi connectivity index (χ1) is 5.88. The van der Waals surface area contributed by atoms with Crippen LogP contribution >= 0.6 is 0 Å². The van der Waals surface area contributed by atoms with E-state index < -0.39 is 0 Å². The average molecular weight is 182 g/mol. The van der Waals surface area contributed by atoms with Crippen LogP contribution in [0.25, 0.3) is 0 Å². The van der Waals surface area contributed by atoms with E-state index in [9.17, 15) is 5.11 Å². The quantitative estimate of drug-likeness (QED) is 0.721. The first-order valence-corrected chi connectivity index (χ1v) is 4.63. The Balaban J connectivity index is 3.26. The Morgan fingerprint density at radius 1 is 1.38 bits per heavy atom. The summed E-state index contributed by atoms with van der Waals surface area (Å²) >= 11 is 0. The fourth-order valence-corrected chi connectivity index (χ4v) is 1.45. The molecule has 0 radical (unpaired) electrons. The molecule has 1 aromatic rings. The molecule has 0 aliphatic carbocycles. The SMILES string of the molecule is CCc1c(O)c(C(C)(C)C)nn1C. The Bertz CT molecular complexity index is 307. The van der Waals surface area contributed by atoms with Crippen LogP contribution in [0.2, 0.25) is 0 Å². The molecule has 0 aliphatic heterocycles. The van der Waals surface area contributed by atoms with Crippen molar-refractivity contribution in [2.75, 3.05) is 0 Å². The van der Waals surface area contributed by atoms with Gasteiger partial charge in [-0.25, -0.2) is 0 Å². The second kappa shape index (κ2) is 3.05. The van der Waals surface area contributed by atoms with Gasteiger partial charge in [0, 0.05) is 12.5 Å². The lowest BCUT2D eigenvalue weighted by atomic mass is 9.91. The highest BCUT2D eigenvalue weighted by atomic mass is 16.3. The van der Waals surface area contributed by atoms with Crippen LogP contribution < -0.4 is 0 Å². The summed E-state index contributed by atoms with van der Waals surface area (Å²) in [7, 11) is 1.87.